The van der Waals surface area contributed by atoms with Crippen LogP contribution >= 0.6 is 0 Å². The van der Waals surface area contributed by atoms with Gasteiger partial charge in [-0.3, -0.25) is 9.59 Å². The van der Waals surface area contributed by atoms with Gasteiger partial charge < -0.3 is 14.4 Å². The van der Waals surface area contributed by atoms with E-state index in [2.05, 4.69) is 0 Å². The molecule has 0 aromatic heterocycles. The second kappa shape index (κ2) is 8.36. The van der Waals surface area contributed by atoms with Crippen LogP contribution in [0, 0.1) is 5.92 Å². The molecule has 0 saturated carbocycles. The fourth-order valence-electron chi connectivity index (χ4n) is 2.65. The Hall–Kier alpha value is -2.30. The first-order chi connectivity index (χ1) is 11.1. The molecule has 1 aromatic rings. The summed E-state index contributed by atoms with van der Waals surface area (Å²) in [5, 5.41) is 0. The molecule has 1 aromatic carbocycles. The van der Waals surface area contributed by atoms with E-state index in [1.165, 1.54) is 0 Å². The van der Waals surface area contributed by atoms with E-state index in [0.717, 1.165) is 24.2 Å². The molecule has 0 radical (unpaired) electrons. The predicted molar refractivity (Wildman–Crippen MR) is 88.0 cm³/mol. The van der Waals surface area contributed by atoms with E-state index < -0.39 is 0 Å². The number of likely N-dealkylation sites (tertiary alicyclic amines) is 1. The molecule has 0 bridgehead atoms. The van der Waals surface area contributed by atoms with Crippen molar-refractivity contribution in [2.45, 2.75) is 19.8 Å². The van der Waals surface area contributed by atoms with Crippen LogP contribution in [0.5, 0.6) is 5.75 Å². The molecule has 124 valence electrons. The minimum Gasteiger partial charge on any atom is -0.497 e. The normalized spacial score (nSPS) is 18.0. The summed E-state index contributed by atoms with van der Waals surface area (Å²) in [6, 6.07) is 7.50. The van der Waals surface area contributed by atoms with Crippen LogP contribution in [0.4, 0.5) is 0 Å². The number of benzene rings is 1. The van der Waals surface area contributed by atoms with Gasteiger partial charge in [0.1, 0.15) is 5.75 Å². The van der Waals surface area contributed by atoms with E-state index in [1.54, 1.807) is 31.1 Å². The lowest BCUT2D eigenvalue weighted by atomic mass is 9.98. The van der Waals surface area contributed by atoms with E-state index in [4.69, 9.17) is 9.47 Å². The van der Waals surface area contributed by atoms with Crippen LogP contribution in [0.25, 0.3) is 6.08 Å². The van der Waals surface area contributed by atoms with Crippen LogP contribution in [-0.2, 0) is 14.3 Å². The summed E-state index contributed by atoms with van der Waals surface area (Å²) in [6.07, 6.45) is 4.91. The lowest BCUT2D eigenvalue weighted by Crippen LogP contribution is -2.42. The summed E-state index contributed by atoms with van der Waals surface area (Å²) in [4.78, 5) is 25.8. The number of hydrogen-bond donors (Lipinski definition) is 0. The second-order valence-electron chi connectivity index (χ2n) is 5.49. The Morgan fingerprint density at radius 2 is 2.22 bits per heavy atom. The minimum atomic E-state index is -0.210. The fraction of sp³-hybridized carbons (Fsp3) is 0.444. The fourth-order valence-corrected chi connectivity index (χ4v) is 2.65. The minimum absolute atomic E-state index is 0.0816. The topological polar surface area (TPSA) is 55.8 Å². The summed E-state index contributed by atoms with van der Waals surface area (Å²) in [5.74, 6) is 0.251. The van der Waals surface area contributed by atoms with E-state index >= 15 is 0 Å². The van der Waals surface area contributed by atoms with E-state index in [9.17, 15) is 9.59 Å². The Kier molecular flexibility index (Phi) is 6.20. The zero-order chi connectivity index (χ0) is 16.7. The predicted octanol–water partition coefficient (Wildman–Crippen LogP) is 2.51. The standard InChI is InChI=1S/C18H23NO4/c1-3-23-18(21)15-7-5-11-19(13-15)17(20)10-9-14-6-4-8-16(12-14)22-2/h4,6,8-10,12,15H,3,5,7,11,13H2,1-2H3/b10-9+/t15-/m0/s1. The summed E-state index contributed by atoms with van der Waals surface area (Å²) < 4.78 is 10.2. The summed E-state index contributed by atoms with van der Waals surface area (Å²) in [5.41, 5.74) is 0.900. The third-order valence-corrected chi connectivity index (χ3v) is 3.87. The van der Waals surface area contributed by atoms with E-state index in [1.807, 2.05) is 24.3 Å². The Labute approximate surface area is 136 Å². The van der Waals surface area contributed by atoms with Crippen molar-refractivity contribution in [1.29, 1.82) is 0 Å². The van der Waals surface area contributed by atoms with Crippen LogP contribution in [0.3, 0.4) is 0 Å². The van der Waals surface area contributed by atoms with Gasteiger partial charge in [0.05, 0.1) is 19.6 Å². The molecule has 1 aliphatic rings. The lowest BCUT2D eigenvalue weighted by molar-refractivity contribution is -0.150. The van der Waals surface area contributed by atoms with Crippen LogP contribution in [0.1, 0.15) is 25.3 Å². The van der Waals surface area contributed by atoms with Crippen LogP contribution in [-0.4, -0.2) is 43.6 Å². The van der Waals surface area contributed by atoms with Crippen LogP contribution < -0.4 is 4.74 Å². The molecule has 23 heavy (non-hydrogen) atoms. The van der Waals surface area contributed by atoms with Crippen LogP contribution in [0.15, 0.2) is 30.3 Å². The summed E-state index contributed by atoms with van der Waals surface area (Å²) in [7, 11) is 1.61. The highest BCUT2D eigenvalue weighted by Gasteiger charge is 2.28. The van der Waals surface area contributed by atoms with Gasteiger partial charge in [0.25, 0.3) is 0 Å². The number of ether oxygens (including phenoxy) is 2. The third kappa shape index (κ3) is 4.84. The SMILES string of the molecule is CCOC(=O)[C@H]1CCCN(C(=O)/C=C/c2cccc(OC)c2)C1. The highest BCUT2D eigenvalue weighted by molar-refractivity contribution is 5.92. The number of methoxy groups -OCH3 is 1. The Balaban J connectivity index is 1.96. The zero-order valence-electron chi connectivity index (χ0n) is 13.7. The summed E-state index contributed by atoms with van der Waals surface area (Å²) in [6.45, 7) is 3.27. The molecule has 5 heteroatoms. The van der Waals surface area contributed by atoms with Gasteiger partial charge >= 0.3 is 5.97 Å². The maximum atomic E-state index is 12.3. The molecule has 1 amide bonds. The number of piperidine rings is 1. The van der Waals surface area contributed by atoms with E-state index in [-0.39, 0.29) is 17.8 Å². The molecule has 1 fully saturated rings. The van der Waals surface area contributed by atoms with Gasteiger partial charge in [0, 0.05) is 19.2 Å². The Morgan fingerprint density at radius 1 is 1.39 bits per heavy atom. The lowest BCUT2D eigenvalue weighted by Gasteiger charge is -2.30. The molecule has 1 heterocycles. The number of nitrogens with zero attached hydrogens (tertiary/aromatic N) is 1. The van der Waals surface area contributed by atoms with Crippen molar-refractivity contribution in [2.75, 3.05) is 26.8 Å². The first kappa shape index (κ1) is 17.1. The maximum absolute atomic E-state index is 12.3. The number of rotatable bonds is 5. The quantitative estimate of drug-likeness (QED) is 0.618. The smallest absolute Gasteiger partial charge is 0.310 e. The van der Waals surface area contributed by atoms with Gasteiger partial charge in [-0.2, -0.15) is 0 Å². The number of carbonyl (C=O) groups excluding carboxylic acids is 2. The average Bonchev–Trinajstić information content (AvgIpc) is 2.60. The van der Waals surface area contributed by atoms with Crippen molar-refractivity contribution >= 4 is 18.0 Å². The van der Waals surface area contributed by atoms with E-state index in [0.29, 0.717) is 19.7 Å². The molecular formula is C18H23NO4. The van der Waals surface area contributed by atoms with Gasteiger partial charge in [0.2, 0.25) is 5.91 Å². The number of carbonyl (C=O) groups is 2. The maximum Gasteiger partial charge on any atom is 0.310 e. The number of esters is 1. The Morgan fingerprint density at radius 3 is 2.96 bits per heavy atom. The molecule has 0 N–H and O–H groups in total. The highest BCUT2D eigenvalue weighted by Crippen LogP contribution is 2.19. The highest BCUT2D eigenvalue weighted by atomic mass is 16.5. The Bertz CT molecular complexity index is 582. The van der Waals surface area contributed by atoms with Gasteiger partial charge in [-0.15, -0.1) is 0 Å². The van der Waals surface area contributed by atoms with Gasteiger partial charge in [0.15, 0.2) is 0 Å². The molecule has 5 nitrogen and oxygen atoms in total. The number of amides is 1. The number of hydrogen-bond acceptors (Lipinski definition) is 4. The van der Waals surface area contributed by atoms with Crippen LogP contribution in [0.2, 0.25) is 0 Å². The molecule has 1 saturated heterocycles. The zero-order valence-corrected chi connectivity index (χ0v) is 13.7. The molecule has 0 aliphatic carbocycles. The van der Waals surface area contributed by atoms with Gasteiger partial charge in [-0.25, -0.2) is 0 Å². The molecule has 0 spiro atoms. The monoisotopic (exact) mass is 317 g/mol. The first-order valence-electron chi connectivity index (χ1n) is 7.91. The molecule has 0 unspecified atom stereocenters. The molecule has 1 atom stereocenters. The molecular weight excluding hydrogens is 294 g/mol. The van der Waals surface area contributed by atoms with Crippen molar-refractivity contribution in [1.82, 2.24) is 4.90 Å². The van der Waals surface area contributed by atoms with Crippen molar-refractivity contribution < 1.29 is 19.1 Å². The average molecular weight is 317 g/mol. The largest absolute Gasteiger partial charge is 0.497 e. The molecule has 1 aliphatic heterocycles. The van der Waals surface area contributed by atoms with Crippen molar-refractivity contribution in [3.63, 3.8) is 0 Å². The first-order valence-corrected chi connectivity index (χ1v) is 7.91. The second-order valence-corrected chi connectivity index (χ2v) is 5.49. The van der Waals surface area contributed by atoms with Crippen molar-refractivity contribution in [2.24, 2.45) is 5.92 Å². The third-order valence-electron chi connectivity index (χ3n) is 3.87. The van der Waals surface area contributed by atoms with Gasteiger partial charge in [-0.1, -0.05) is 12.1 Å². The summed E-state index contributed by atoms with van der Waals surface area (Å²) >= 11 is 0. The van der Waals surface area contributed by atoms with Crippen molar-refractivity contribution in [3.05, 3.63) is 35.9 Å². The molecule has 2 rings (SSSR count). The van der Waals surface area contributed by atoms with Crippen molar-refractivity contribution in [3.8, 4) is 5.75 Å². The van der Waals surface area contributed by atoms with Gasteiger partial charge in [-0.05, 0) is 43.5 Å².